The first-order chi connectivity index (χ1) is 6.07. The van der Waals surface area contributed by atoms with Gasteiger partial charge in [-0.05, 0) is 20.1 Å². The summed E-state index contributed by atoms with van der Waals surface area (Å²) < 4.78 is 0. The molecule has 0 heterocycles. The first kappa shape index (κ1) is 12.8. The molecule has 13 heavy (non-hydrogen) atoms. The van der Waals surface area contributed by atoms with Gasteiger partial charge in [0.2, 0.25) is 0 Å². The first-order valence-electron chi connectivity index (χ1n) is 4.52. The van der Waals surface area contributed by atoms with Crippen LogP contribution in [-0.4, -0.2) is 47.1 Å². The van der Waals surface area contributed by atoms with Gasteiger partial charge in [-0.3, -0.25) is 9.69 Å². The SMILES string of the molecule is CSCCN(CCC(=O)O)C(C)C. The lowest BCUT2D eigenvalue weighted by Gasteiger charge is -2.25. The average molecular weight is 205 g/mol. The van der Waals surface area contributed by atoms with E-state index in [9.17, 15) is 4.79 Å². The molecule has 0 bridgehead atoms. The van der Waals surface area contributed by atoms with E-state index in [-0.39, 0.29) is 6.42 Å². The van der Waals surface area contributed by atoms with Crippen molar-refractivity contribution in [2.75, 3.05) is 25.1 Å². The third-order valence-corrected chi connectivity index (χ3v) is 2.52. The predicted octanol–water partition coefficient (Wildman–Crippen LogP) is 1.53. The van der Waals surface area contributed by atoms with E-state index >= 15 is 0 Å². The van der Waals surface area contributed by atoms with Crippen molar-refractivity contribution in [1.82, 2.24) is 4.90 Å². The molecular weight excluding hydrogens is 186 g/mol. The number of carbonyl (C=O) groups is 1. The molecule has 1 N–H and O–H groups in total. The molecule has 0 saturated carbocycles. The van der Waals surface area contributed by atoms with Crippen molar-refractivity contribution in [2.24, 2.45) is 0 Å². The number of carboxylic acid groups (broad SMARTS) is 1. The molecule has 4 heteroatoms. The van der Waals surface area contributed by atoms with Gasteiger partial charge in [-0.2, -0.15) is 11.8 Å². The second kappa shape index (κ2) is 7.21. The van der Waals surface area contributed by atoms with E-state index < -0.39 is 5.97 Å². The van der Waals surface area contributed by atoms with E-state index in [0.29, 0.717) is 12.6 Å². The lowest BCUT2D eigenvalue weighted by molar-refractivity contribution is -0.137. The smallest absolute Gasteiger partial charge is 0.304 e. The monoisotopic (exact) mass is 205 g/mol. The maximum absolute atomic E-state index is 10.4. The summed E-state index contributed by atoms with van der Waals surface area (Å²) in [6, 6.07) is 0.437. The molecule has 0 rings (SSSR count). The number of hydrogen-bond acceptors (Lipinski definition) is 3. The van der Waals surface area contributed by atoms with Gasteiger partial charge in [0.25, 0.3) is 0 Å². The molecule has 0 atom stereocenters. The van der Waals surface area contributed by atoms with Crippen molar-refractivity contribution < 1.29 is 9.90 Å². The third-order valence-electron chi connectivity index (χ3n) is 1.93. The maximum Gasteiger partial charge on any atom is 0.304 e. The number of rotatable bonds is 7. The fraction of sp³-hybridized carbons (Fsp3) is 0.889. The lowest BCUT2D eigenvalue weighted by atomic mass is 10.3. The summed E-state index contributed by atoms with van der Waals surface area (Å²) in [5, 5.41) is 8.54. The maximum atomic E-state index is 10.4. The Morgan fingerprint density at radius 3 is 2.46 bits per heavy atom. The summed E-state index contributed by atoms with van der Waals surface area (Å²) in [6.07, 6.45) is 2.31. The summed E-state index contributed by atoms with van der Waals surface area (Å²) in [6.45, 7) is 5.84. The van der Waals surface area contributed by atoms with Crippen molar-refractivity contribution in [2.45, 2.75) is 26.3 Å². The van der Waals surface area contributed by atoms with Crippen LogP contribution in [0.5, 0.6) is 0 Å². The number of hydrogen-bond donors (Lipinski definition) is 1. The molecule has 0 spiro atoms. The standard InChI is InChI=1S/C9H19NO2S/c1-8(2)10(6-7-13-3)5-4-9(11)12/h8H,4-7H2,1-3H3,(H,11,12). The van der Waals surface area contributed by atoms with Gasteiger partial charge in [0.15, 0.2) is 0 Å². The Labute approximate surface area is 84.5 Å². The van der Waals surface area contributed by atoms with Crippen molar-refractivity contribution in [3.63, 3.8) is 0 Å². The van der Waals surface area contributed by atoms with Crippen LogP contribution >= 0.6 is 11.8 Å². The van der Waals surface area contributed by atoms with Gasteiger partial charge >= 0.3 is 5.97 Å². The summed E-state index contributed by atoms with van der Waals surface area (Å²) >= 11 is 1.79. The molecule has 0 aromatic carbocycles. The molecule has 0 aromatic rings. The van der Waals surface area contributed by atoms with Gasteiger partial charge in [0, 0.05) is 24.9 Å². The van der Waals surface area contributed by atoms with Crippen LogP contribution in [0.3, 0.4) is 0 Å². The molecule has 0 fully saturated rings. The van der Waals surface area contributed by atoms with Gasteiger partial charge in [-0.25, -0.2) is 0 Å². The third kappa shape index (κ3) is 6.90. The number of thioether (sulfide) groups is 1. The Balaban J connectivity index is 3.73. The van der Waals surface area contributed by atoms with Gasteiger partial charge in [-0.15, -0.1) is 0 Å². The highest BCUT2D eigenvalue weighted by molar-refractivity contribution is 7.98. The summed E-state index contributed by atoms with van der Waals surface area (Å²) in [7, 11) is 0. The highest BCUT2D eigenvalue weighted by atomic mass is 32.2. The van der Waals surface area contributed by atoms with E-state index in [1.54, 1.807) is 11.8 Å². The largest absolute Gasteiger partial charge is 0.481 e. The van der Waals surface area contributed by atoms with Crippen molar-refractivity contribution in [3.8, 4) is 0 Å². The molecule has 0 radical (unpaired) electrons. The molecule has 0 aromatic heterocycles. The fourth-order valence-corrected chi connectivity index (χ4v) is 1.49. The van der Waals surface area contributed by atoms with Gasteiger partial charge in [0.1, 0.15) is 0 Å². The van der Waals surface area contributed by atoms with Crippen molar-refractivity contribution in [3.05, 3.63) is 0 Å². The highest BCUT2D eigenvalue weighted by Gasteiger charge is 2.09. The average Bonchev–Trinajstić information content (AvgIpc) is 2.03. The molecule has 0 aliphatic heterocycles. The molecule has 0 aliphatic rings. The van der Waals surface area contributed by atoms with E-state index in [2.05, 4.69) is 25.0 Å². The Morgan fingerprint density at radius 2 is 2.08 bits per heavy atom. The van der Waals surface area contributed by atoms with E-state index in [1.807, 2.05) is 0 Å². The molecule has 3 nitrogen and oxygen atoms in total. The summed E-state index contributed by atoms with van der Waals surface area (Å²) in [5.74, 6) is 0.354. The second-order valence-corrected chi connectivity index (χ2v) is 4.25. The summed E-state index contributed by atoms with van der Waals surface area (Å²) in [4.78, 5) is 12.6. The molecule has 78 valence electrons. The minimum atomic E-state index is -0.713. The molecule has 0 unspecified atom stereocenters. The quantitative estimate of drug-likeness (QED) is 0.684. The first-order valence-corrected chi connectivity index (χ1v) is 5.92. The predicted molar refractivity (Wildman–Crippen MR) is 57.3 cm³/mol. The molecular formula is C9H19NO2S. The Kier molecular flexibility index (Phi) is 7.09. The van der Waals surface area contributed by atoms with Crippen LogP contribution < -0.4 is 0 Å². The molecule has 0 amide bonds. The highest BCUT2D eigenvalue weighted by Crippen LogP contribution is 2.02. The van der Waals surface area contributed by atoms with Gasteiger partial charge < -0.3 is 5.11 Å². The molecule has 0 saturated heterocycles. The van der Waals surface area contributed by atoms with E-state index in [4.69, 9.17) is 5.11 Å². The van der Waals surface area contributed by atoms with Crippen LogP contribution in [0.2, 0.25) is 0 Å². The molecule has 0 aliphatic carbocycles. The van der Waals surface area contributed by atoms with Crippen molar-refractivity contribution in [1.29, 1.82) is 0 Å². The Morgan fingerprint density at radius 1 is 1.46 bits per heavy atom. The summed E-state index contributed by atoms with van der Waals surface area (Å²) in [5.41, 5.74) is 0. The zero-order valence-electron chi connectivity index (χ0n) is 8.62. The Hall–Kier alpha value is -0.220. The lowest BCUT2D eigenvalue weighted by Crippen LogP contribution is -2.34. The van der Waals surface area contributed by atoms with E-state index in [0.717, 1.165) is 12.3 Å². The van der Waals surface area contributed by atoms with Crippen LogP contribution in [0.15, 0.2) is 0 Å². The van der Waals surface area contributed by atoms with Crippen LogP contribution in [0, 0.1) is 0 Å². The van der Waals surface area contributed by atoms with Crippen LogP contribution in [0.1, 0.15) is 20.3 Å². The Bertz CT molecular complexity index is 151. The zero-order valence-corrected chi connectivity index (χ0v) is 9.43. The normalized spacial score (nSPS) is 11.2. The second-order valence-electron chi connectivity index (χ2n) is 3.27. The van der Waals surface area contributed by atoms with E-state index in [1.165, 1.54) is 0 Å². The zero-order chi connectivity index (χ0) is 10.3. The van der Waals surface area contributed by atoms with Crippen LogP contribution in [0.4, 0.5) is 0 Å². The topological polar surface area (TPSA) is 40.5 Å². The number of nitrogens with zero attached hydrogens (tertiary/aromatic N) is 1. The number of aliphatic carboxylic acids is 1. The van der Waals surface area contributed by atoms with Crippen LogP contribution in [0.25, 0.3) is 0 Å². The van der Waals surface area contributed by atoms with Crippen LogP contribution in [-0.2, 0) is 4.79 Å². The van der Waals surface area contributed by atoms with Crippen molar-refractivity contribution >= 4 is 17.7 Å². The van der Waals surface area contributed by atoms with Gasteiger partial charge in [0.05, 0.1) is 6.42 Å². The number of carboxylic acids is 1. The minimum absolute atomic E-state index is 0.243. The minimum Gasteiger partial charge on any atom is -0.481 e. The van der Waals surface area contributed by atoms with Gasteiger partial charge in [-0.1, -0.05) is 0 Å². The fourth-order valence-electron chi connectivity index (χ4n) is 1.08.